The lowest BCUT2D eigenvalue weighted by molar-refractivity contribution is -0.129. The van der Waals surface area contributed by atoms with Crippen molar-refractivity contribution in [2.24, 2.45) is 4.99 Å². The van der Waals surface area contributed by atoms with Crippen LogP contribution in [0.3, 0.4) is 0 Å². The number of hydrogen-bond acceptors (Lipinski definition) is 4. The van der Waals surface area contributed by atoms with E-state index in [1.165, 1.54) is 0 Å². The van der Waals surface area contributed by atoms with Gasteiger partial charge in [-0.05, 0) is 12.8 Å². The SMILES string of the molecule is CN=C(NCC1CCCO1)N1CCN(CCC(=O)N(C)C)CC1.I. The number of amides is 1. The van der Waals surface area contributed by atoms with Gasteiger partial charge >= 0.3 is 0 Å². The van der Waals surface area contributed by atoms with Crippen LogP contribution < -0.4 is 5.32 Å². The van der Waals surface area contributed by atoms with Gasteiger partial charge in [0.15, 0.2) is 5.96 Å². The summed E-state index contributed by atoms with van der Waals surface area (Å²) in [5.41, 5.74) is 0. The van der Waals surface area contributed by atoms with Gasteiger partial charge in [0, 0.05) is 73.4 Å². The van der Waals surface area contributed by atoms with Crippen LogP contribution in [0.15, 0.2) is 4.99 Å². The number of halogens is 1. The maximum absolute atomic E-state index is 11.7. The third kappa shape index (κ3) is 6.72. The van der Waals surface area contributed by atoms with Crippen molar-refractivity contribution in [2.75, 3.05) is 67.0 Å². The van der Waals surface area contributed by atoms with E-state index in [-0.39, 0.29) is 29.9 Å². The fourth-order valence-corrected chi connectivity index (χ4v) is 3.00. The number of aliphatic imine (C=N–C) groups is 1. The molecule has 1 unspecified atom stereocenters. The van der Waals surface area contributed by atoms with Crippen LogP contribution in [0.5, 0.6) is 0 Å². The number of carbonyl (C=O) groups excluding carboxylic acids is 1. The van der Waals surface area contributed by atoms with Crippen LogP contribution >= 0.6 is 24.0 Å². The van der Waals surface area contributed by atoms with Crippen molar-refractivity contribution in [1.29, 1.82) is 0 Å². The zero-order chi connectivity index (χ0) is 16.7. The molecule has 7 nitrogen and oxygen atoms in total. The number of guanidine groups is 1. The Morgan fingerprint density at radius 1 is 1.29 bits per heavy atom. The molecule has 1 atom stereocenters. The second-order valence-corrected chi connectivity index (χ2v) is 6.43. The predicted molar refractivity (Wildman–Crippen MR) is 107 cm³/mol. The van der Waals surface area contributed by atoms with Crippen LogP contribution in [0.2, 0.25) is 0 Å². The van der Waals surface area contributed by atoms with Crippen molar-refractivity contribution < 1.29 is 9.53 Å². The standard InChI is InChI=1S/C16H31N5O2.HI/c1-17-16(18-13-14-5-4-12-23-14)21-10-8-20(9-11-21)7-6-15(22)19(2)3;/h14H,4-13H2,1-3H3,(H,17,18);1H. The van der Waals surface area contributed by atoms with Gasteiger partial charge in [0.25, 0.3) is 0 Å². The molecule has 2 heterocycles. The van der Waals surface area contributed by atoms with E-state index >= 15 is 0 Å². The highest BCUT2D eigenvalue weighted by Gasteiger charge is 2.21. The van der Waals surface area contributed by atoms with Crippen LogP contribution in [0.25, 0.3) is 0 Å². The minimum Gasteiger partial charge on any atom is -0.376 e. The summed E-state index contributed by atoms with van der Waals surface area (Å²) in [4.78, 5) is 22.4. The van der Waals surface area contributed by atoms with Crippen LogP contribution in [0.1, 0.15) is 19.3 Å². The Morgan fingerprint density at radius 3 is 2.54 bits per heavy atom. The number of ether oxygens (including phenoxy) is 1. The molecule has 0 spiro atoms. The van der Waals surface area contributed by atoms with E-state index in [2.05, 4.69) is 20.1 Å². The molecule has 0 bridgehead atoms. The summed E-state index contributed by atoms with van der Waals surface area (Å²) in [5, 5.41) is 3.43. The zero-order valence-corrected chi connectivity index (χ0v) is 17.5. The largest absolute Gasteiger partial charge is 0.376 e. The molecule has 2 aliphatic heterocycles. The fourth-order valence-electron chi connectivity index (χ4n) is 3.00. The number of nitrogens with one attached hydrogen (secondary N) is 1. The Morgan fingerprint density at radius 2 is 2.00 bits per heavy atom. The molecular formula is C16H32IN5O2. The fraction of sp³-hybridized carbons (Fsp3) is 0.875. The van der Waals surface area contributed by atoms with Gasteiger partial charge in [-0.2, -0.15) is 0 Å². The third-order valence-electron chi connectivity index (χ3n) is 4.54. The van der Waals surface area contributed by atoms with E-state index in [1.807, 2.05) is 21.1 Å². The predicted octanol–water partition coefficient (Wildman–Crippen LogP) is 0.455. The summed E-state index contributed by atoms with van der Waals surface area (Å²) < 4.78 is 5.65. The van der Waals surface area contributed by atoms with E-state index < -0.39 is 0 Å². The van der Waals surface area contributed by atoms with Crippen molar-refractivity contribution in [3.8, 4) is 0 Å². The maximum atomic E-state index is 11.7. The van der Waals surface area contributed by atoms with E-state index in [0.717, 1.165) is 64.7 Å². The molecule has 2 fully saturated rings. The molecule has 0 aromatic rings. The highest BCUT2D eigenvalue weighted by molar-refractivity contribution is 14.0. The van der Waals surface area contributed by atoms with Crippen molar-refractivity contribution in [3.05, 3.63) is 0 Å². The molecule has 1 N–H and O–H groups in total. The smallest absolute Gasteiger partial charge is 0.223 e. The number of piperazine rings is 1. The van der Waals surface area contributed by atoms with Crippen molar-refractivity contribution >= 4 is 35.8 Å². The summed E-state index contributed by atoms with van der Waals surface area (Å²) in [5.74, 6) is 1.16. The van der Waals surface area contributed by atoms with Gasteiger partial charge in [-0.25, -0.2) is 0 Å². The molecule has 1 amide bonds. The Balaban J connectivity index is 0.00000288. The van der Waals surface area contributed by atoms with Crippen LogP contribution in [0, 0.1) is 0 Å². The molecule has 0 saturated carbocycles. The molecular weight excluding hydrogens is 421 g/mol. The van der Waals surface area contributed by atoms with E-state index in [0.29, 0.717) is 12.5 Å². The molecule has 8 heteroatoms. The first-order valence-corrected chi connectivity index (χ1v) is 8.60. The lowest BCUT2D eigenvalue weighted by Gasteiger charge is -2.36. The molecule has 0 aliphatic carbocycles. The normalized spacial score (nSPS) is 22.2. The van der Waals surface area contributed by atoms with Gasteiger partial charge in [0.2, 0.25) is 5.91 Å². The highest BCUT2D eigenvalue weighted by atomic mass is 127. The molecule has 2 saturated heterocycles. The molecule has 0 radical (unpaired) electrons. The number of nitrogens with zero attached hydrogens (tertiary/aromatic N) is 4. The van der Waals surface area contributed by atoms with E-state index in [9.17, 15) is 4.79 Å². The van der Waals surface area contributed by atoms with Crippen LogP contribution in [-0.2, 0) is 9.53 Å². The third-order valence-corrected chi connectivity index (χ3v) is 4.54. The van der Waals surface area contributed by atoms with Gasteiger partial charge in [-0.3, -0.25) is 14.7 Å². The van der Waals surface area contributed by atoms with Crippen LogP contribution in [0.4, 0.5) is 0 Å². The number of hydrogen-bond donors (Lipinski definition) is 1. The van der Waals surface area contributed by atoms with Gasteiger partial charge in [-0.1, -0.05) is 0 Å². The molecule has 2 aliphatic rings. The Hall–Kier alpha value is -0.610. The first-order valence-electron chi connectivity index (χ1n) is 8.60. The average molecular weight is 453 g/mol. The summed E-state index contributed by atoms with van der Waals surface area (Å²) in [6.07, 6.45) is 3.22. The van der Waals surface area contributed by atoms with Crippen molar-refractivity contribution in [1.82, 2.24) is 20.0 Å². The molecule has 0 aromatic carbocycles. The van der Waals surface area contributed by atoms with Gasteiger partial charge < -0.3 is 19.9 Å². The maximum Gasteiger partial charge on any atom is 0.223 e. The highest BCUT2D eigenvalue weighted by Crippen LogP contribution is 2.11. The number of rotatable bonds is 5. The summed E-state index contributed by atoms with van der Waals surface area (Å²) in [6.45, 7) is 6.40. The van der Waals surface area contributed by atoms with Gasteiger partial charge in [0.05, 0.1) is 6.10 Å². The first-order chi connectivity index (χ1) is 11.1. The topological polar surface area (TPSA) is 60.4 Å². The van der Waals surface area contributed by atoms with Gasteiger partial charge in [-0.15, -0.1) is 24.0 Å². The second-order valence-electron chi connectivity index (χ2n) is 6.43. The summed E-state index contributed by atoms with van der Waals surface area (Å²) >= 11 is 0. The van der Waals surface area contributed by atoms with E-state index in [1.54, 1.807) is 4.90 Å². The van der Waals surface area contributed by atoms with Crippen molar-refractivity contribution in [3.63, 3.8) is 0 Å². The molecule has 2 rings (SSSR count). The Kier molecular flexibility index (Phi) is 9.91. The molecule has 140 valence electrons. The first kappa shape index (κ1) is 21.4. The van der Waals surface area contributed by atoms with Crippen molar-refractivity contribution in [2.45, 2.75) is 25.4 Å². The van der Waals surface area contributed by atoms with Gasteiger partial charge in [0.1, 0.15) is 0 Å². The lowest BCUT2D eigenvalue weighted by atomic mass is 10.2. The molecule has 0 aromatic heterocycles. The second kappa shape index (κ2) is 11.1. The Bertz CT molecular complexity index is 405. The monoisotopic (exact) mass is 453 g/mol. The average Bonchev–Trinajstić information content (AvgIpc) is 3.07. The van der Waals surface area contributed by atoms with E-state index in [4.69, 9.17) is 4.74 Å². The molecule has 24 heavy (non-hydrogen) atoms. The number of carbonyl (C=O) groups is 1. The minimum atomic E-state index is 0. The quantitative estimate of drug-likeness (QED) is 0.373. The lowest BCUT2D eigenvalue weighted by Crippen LogP contribution is -2.53. The van der Waals surface area contributed by atoms with Crippen LogP contribution in [-0.4, -0.2) is 99.7 Å². The summed E-state index contributed by atoms with van der Waals surface area (Å²) in [6, 6.07) is 0. The Labute approximate surface area is 162 Å². The zero-order valence-electron chi connectivity index (χ0n) is 15.2. The minimum absolute atomic E-state index is 0. The summed E-state index contributed by atoms with van der Waals surface area (Å²) in [7, 11) is 5.45.